The van der Waals surface area contributed by atoms with E-state index < -0.39 is 5.69 Å². The molecule has 86 valence electrons. The molecule has 2 rings (SSSR count). The second-order valence-corrected chi connectivity index (χ2v) is 4.28. The molecule has 0 saturated heterocycles. The SMILES string of the molecule is CC(C)Cn1cnc2c(=O)n(C)c(=O)[nH]c21. The fourth-order valence-corrected chi connectivity index (χ4v) is 1.64. The molecule has 0 aromatic carbocycles. The fourth-order valence-electron chi connectivity index (χ4n) is 1.64. The quantitative estimate of drug-likeness (QED) is 0.782. The van der Waals surface area contributed by atoms with E-state index >= 15 is 0 Å². The van der Waals surface area contributed by atoms with Gasteiger partial charge in [-0.1, -0.05) is 13.8 Å². The molecule has 2 aromatic rings. The highest BCUT2D eigenvalue weighted by molar-refractivity contribution is 5.68. The van der Waals surface area contributed by atoms with Crippen molar-refractivity contribution in [1.29, 1.82) is 0 Å². The number of imidazole rings is 1. The Labute approximate surface area is 91.5 Å². The Morgan fingerprint density at radius 2 is 2.12 bits per heavy atom. The molecule has 0 atom stereocenters. The summed E-state index contributed by atoms with van der Waals surface area (Å²) in [4.78, 5) is 29.9. The van der Waals surface area contributed by atoms with Crippen LogP contribution >= 0.6 is 0 Å². The van der Waals surface area contributed by atoms with E-state index in [1.165, 1.54) is 7.05 Å². The zero-order valence-electron chi connectivity index (χ0n) is 9.52. The molecule has 2 aromatic heterocycles. The first-order valence-electron chi connectivity index (χ1n) is 5.15. The summed E-state index contributed by atoms with van der Waals surface area (Å²) in [5.41, 5.74) is 0.0359. The lowest BCUT2D eigenvalue weighted by molar-refractivity contribution is 0.529. The van der Waals surface area contributed by atoms with Gasteiger partial charge in [0.05, 0.1) is 6.33 Å². The molecule has 0 fully saturated rings. The number of nitrogens with one attached hydrogen (secondary N) is 1. The van der Waals surface area contributed by atoms with Gasteiger partial charge < -0.3 is 4.57 Å². The first-order valence-corrected chi connectivity index (χ1v) is 5.15. The van der Waals surface area contributed by atoms with Gasteiger partial charge in [-0.25, -0.2) is 9.78 Å². The van der Waals surface area contributed by atoms with E-state index in [0.29, 0.717) is 17.1 Å². The Kier molecular flexibility index (Phi) is 2.41. The third-order valence-corrected chi connectivity index (χ3v) is 2.44. The minimum absolute atomic E-state index is 0.308. The summed E-state index contributed by atoms with van der Waals surface area (Å²) in [5, 5.41) is 0. The zero-order valence-corrected chi connectivity index (χ0v) is 9.52. The van der Waals surface area contributed by atoms with Gasteiger partial charge >= 0.3 is 5.69 Å². The molecular formula is C10H14N4O2. The van der Waals surface area contributed by atoms with Crippen molar-refractivity contribution in [2.45, 2.75) is 20.4 Å². The number of aromatic amines is 1. The molecule has 2 heterocycles. The minimum atomic E-state index is -0.414. The normalized spacial score (nSPS) is 11.5. The van der Waals surface area contributed by atoms with Gasteiger partial charge in [0.25, 0.3) is 5.56 Å². The van der Waals surface area contributed by atoms with Gasteiger partial charge in [0.15, 0.2) is 5.52 Å². The highest BCUT2D eigenvalue weighted by Gasteiger charge is 2.10. The molecule has 0 spiro atoms. The second-order valence-electron chi connectivity index (χ2n) is 4.28. The summed E-state index contributed by atoms with van der Waals surface area (Å²) in [6, 6.07) is 0. The number of aromatic nitrogens is 4. The van der Waals surface area contributed by atoms with Gasteiger partial charge in [0.1, 0.15) is 5.65 Å². The van der Waals surface area contributed by atoms with Crippen molar-refractivity contribution in [1.82, 2.24) is 19.1 Å². The van der Waals surface area contributed by atoms with Gasteiger partial charge in [-0.3, -0.25) is 14.3 Å². The van der Waals surface area contributed by atoms with Crippen LogP contribution in [0.1, 0.15) is 13.8 Å². The molecule has 0 bridgehead atoms. The van der Waals surface area contributed by atoms with Gasteiger partial charge in [-0.05, 0) is 5.92 Å². The molecule has 1 N–H and O–H groups in total. The van der Waals surface area contributed by atoms with Crippen LogP contribution in [-0.4, -0.2) is 19.1 Å². The summed E-state index contributed by atoms with van der Waals surface area (Å²) >= 11 is 0. The highest BCUT2D eigenvalue weighted by atomic mass is 16.2. The lowest BCUT2D eigenvalue weighted by Crippen LogP contribution is -2.32. The monoisotopic (exact) mass is 222 g/mol. The van der Waals surface area contributed by atoms with Crippen LogP contribution in [0.15, 0.2) is 15.9 Å². The third kappa shape index (κ3) is 1.56. The Morgan fingerprint density at radius 3 is 2.75 bits per heavy atom. The van der Waals surface area contributed by atoms with Crippen LogP contribution in [0.2, 0.25) is 0 Å². The van der Waals surface area contributed by atoms with Crippen LogP contribution in [-0.2, 0) is 13.6 Å². The van der Waals surface area contributed by atoms with Crippen molar-refractivity contribution in [3.8, 4) is 0 Å². The molecule has 16 heavy (non-hydrogen) atoms. The summed E-state index contributed by atoms with van der Waals surface area (Å²) in [6.45, 7) is 4.84. The van der Waals surface area contributed by atoms with Crippen molar-refractivity contribution < 1.29 is 0 Å². The van der Waals surface area contributed by atoms with Gasteiger partial charge in [0, 0.05) is 13.6 Å². The van der Waals surface area contributed by atoms with Crippen LogP contribution in [0.5, 0.6) is 0 Å². The van der Waals surface area contributed by atoms with Gasteiger partial charge in [0.2, 0.25) is 0 Å². The maximum atomic E-state index is 11.7. The predicted octanol–water partition coefficient (Wildman–Crippen LogP) is 0.0793. The number of hydrogen-bond donors (Lipinski definition) is 1. The van der Waals surface area contributed by atoms with E-state index in [-0.39, 0.29) is 5.56 Å². The number of nitrogens with zero attached hydrogens (tertiary/aromatic N) is 3. The van der Waals surface area contributed by atoms with Gasteiger partial charge in [-0.15, -0.1) is 0 Å². The van der Waals surface area contributed by atoms with Crippen molar-refractivity contribution in [2.75, 3.05) is 0 Å². The largest absolute Gasteiger partial charge is 0.329 e. The van der Waals surface area contributed by atoms with E-state index in [1.807, 2.05) is 0 Å². The molecule has 0 amide bonds. The maximum absolute atomic E-state index is 11.7. The molecule has 0 aliphatic heterocycles. The van der Waals surface area contributed by atoms with Crippen molar-refractivity contribution in [3.05, 3.63) is 27.2 Å². The lowest BCUT2D eigenvalue weighted by atomic mass is 10.2. The molecule has 0 aliphatic carbocycles. The first-order chi connectivity index (χ1) is 7.50. The average Bonchev–Trinajstić information content (AvgIpc) is 2.58. The van der Waals surface area contributed by atoms with E-state index in [9.17, 15) is 9.59 Å². The van der Waals surface area contributed by atoms with Gasteiger partial charge in [-0.2, -0.15) is 0 Å². The molecule has 6 heteroatoms. The predicted molar refractivity (Wildman–Crippen MR) is 60.4 cm³/mol. The number of fused-ring (bicyclic) bond motifs is 1. The number of hydrogen-bond acceptors (Lipinski definition) is 3. The van der Waals surface area contributed by atoms with Crippen LogP contribution in [0.25, 0.3) is 11.2 Å². The Balaban J connectivity index is 2.74. The zero-order chi connectivity index (χ0) is 11.9. The molecule has 0 saturated carbocycles. The Hall–Kier alpha value is -1.85. The molecular weight excluding hydrogens is 208 g/mol. The highest BCUT2D eigenvalue weighted by Crippen LogP contribution is 2.06. The van der Waals surface area contributed by atoms with E-state index in [1.54, 1.807) is 10.9 Å². The number of H-pyrrole nitrogens is 1. The fraction of sp³-hybridized carbons (Fsp3) is 0.500. The summed E-state index contributed by atoms with van der Waals surface area (Å²) < 4.78 is 2.82. The average molecular weight is 222 g/mol. The smallest absolute Gasteiger partial charge is 0.316 e. The molecule has 0 aliphatic rings. The first kappa shape index (κ1) is 10.7. The standard InChI is InChI=1S/C10H14N4O2/c1-6(2)4-14-5-11-7-8(14)12-10(16)13(3)9(7)15/h5-6H,4H2,1-3H3,(H,12,16). The van der Waals surface area contributed by atoms with E-state index in [4.69, 9.17) is 0 Å². The molecule has 0 unspecified atom stereocenters. The number of rotatable bonds is 2. The van der Waals surface area contributed by atoms with E-state index in [2.05, 4.69) is 23.8 Å². The van der Waals surface area contributed by atoms with Crippen molar-refractivity contribution >= 4 is 11.2 Å². The van der Waals surface area contributed by atoms with Crippen molar-refractivity contribution in [3.63, 3.8) is 0 Å². The summed E-state index contributed by atoms with van der Waals surface area (Å²) in [5.74, 6) is 0.421. The summed E-state index contributed by atoms with van der Waals surface area (Å²) in [6.07, 6.45) is 1.59. The van der Waals surface area contributed by atoms with Crippen molar-refractivity contribution in [2.24, 2.45) is 13.0 Å². The maximum Gasteiger partial charge on any atom is 0.329 e. The Bertz CT molecular complexity index is 632. The van der Waals surface area contributed by atoms with E-state index in [0.717, 1.165) is 11.1 Å². The van der Waals surface area contributed by atoms with Crippen LogP contribution < -0.4 is 11.2 Å². The third-order valence-electron chi connectivity index (χ3n) is 2.44. The molecule has 6 nitrogen and oxygen atoms in total. The topological polar surface area (TPSA) is 72.7 Å². The summed E-state index contributed by atoms with van der Waals surface area (Å²) in [7, 11) is 1.43. The minimum Gasteiger partial charge on any atom is -0.316 e. The second kappa shape index (κ2) is 3.62. The Morgan fingerprint density at radius 1 is 1.44 bits per heavy atom. The lowest BCUT2D eigenvalue weighted by Gasteiger charge is -2.06. The van der Waals surface area contributed by atoms with Crippen LogP contribution in [0.3, 0.4) is 0 Å². The van der Waals surface area contributed by atoms with Crippen LogP contribution in [0.4, 0.5) is 0 Å². The van der Waals surface area contributed by atoms with Crippen LogP contribution in [0, 0.1) is 5.92 Å². The molecule has 0 radical (unpaired) electrons.